The maximum absolute atomic E-state index is 11.8. The molecular formula is C14H15NO3. The second-order valence-corrected chi connectivity index (χ2v) is 4.07. The number of carbonyl (C=O) groups excluding carboxylic acids is 1. The lowest BCUT2D eigenvalue weighted by Crippen LogP contribution is -2.26. The minimum Gasteiger partial charge on any atom is -0.507 e. The average Bonchev–Trinajstić information content (AvgIpc) is 2.37. The van der Waals surface area contributed by atoms with Gasteiger partial charge < -0.3 is 9.84 Å². The van der Waals surface area contributed by atoms with Gasteiger partial charge in [0, 0.05) is 0 Å². The number of hydrogen-bond acceptors (Lipinski definition) is 4. The number of aromatic hydroxyl groups is 1. The lowest BCUT2D eigenvalue weighted by molar-refractivity contribution is 0.0305. The molecule has 4 heteroatoms. The molecular weight excluding hydrogens is 230 g/mol. The molecule has 3 N–H and O–H groups in total. The first-order valence-corrected chi connectivity index (χ1v) is 5.80. The normalized spacial score (nSPS) is 12.3. The molecule has 0 saturated carbocycles. The van der Waals surface area contributed by atoms with Crippen LogP contribution in [0.1, 0.15) is 23.7 Å². The van der Waals surface area contributed by atoms with Gasteiger partial charge in [-0.15, -0.1) is 0 Å². The Balaban J connectivity index is 2.38. The number of hydrogen-bond donors (Lipinski definition) is 2. The molecule has 0 bridgehead atoms. The van der Waals surface area contributed by atoms with Crippen LogP contribution in [0.25, 0.3) is 10.8 Å². The van der Waals surface area contributed by atoms with E-state index in [9.17, 15) is 9.90 Å². The van der Waals surface area contributed by atoms with Gasteiger partial charge in [-0.05, 0) is 29.3 Å². The number of phenolic OH excluding ortho intramolecular Hbond substituents is 1. The molecule has 0 aliphatic rings. The molecule has 1 atom stereocenters. The summed E-state index contributed by atoms with van der Waals surface area (Å²) in [5.74, 6) is -0.699. The molecule has 0 radical (unpaired) electrons. The molecule has 18 heavy (non-hydrogen) atoms. The molecule has 2 rings (SSSR count). The number of phenols is 1. The number of nitrogens with two attached hydrogens (primary N) is 1. The average molecular weight is 245 g/mol. The highest BCUT2D eigenvalue weighted by molar-refractivity contribution is 5.98. The third-order valence-electron chi connectivity index (χ3n) is 2.74. The maximum atomic E-state index is 11.8. The molecule has 0 aliphatic carbocycles. The summed E-state index contributed by atoms with van der Waals surface area (Å²) in [7, 11) is 0. The van der Waals surface area contributed by atoms with E-state index in [4.69, 9.17) is 10.5 Å². The standard InChI is InChI=1S/C14H15NO3/c1-2-13(15)18-14(17)11-7-9-5-3-4-6-10(9)8-12(11)16/h3-8,13,16H,2,15H2,1H3. The minimum atomic E-state index is -0.650. The maximum Gasteiger partial charge on any atom is 0.343 e. The summed E-state index contributed by atoms with van der Waals surface area (Å²) >= 11 is 0. The first-order valence-electron chi connectivity index (χ1n) is 5.80. The van der Waals surface area contributed by atoms with Crippen molar-refractivity contribution in [2.45, 2.75) is 19.6 Å². The predicted molar refractivity (Wildman–Crippen MR) is 69.3 cm³/mol. The Morgan fingerprint density at radius 2 is 1.94 bits per heavy atom. The van der Waals surface area contributed by atoms with Crippen LogP contribution in [0.4, 0.5) is 0 Å². The molecule has 0 saturated heterocycles. The lowest BCUT2D eigenvalue weighted by atomic mass is 10.1. The van der Waals surface area contributed by atoms with Gasteiger partial charge in [0.05, 0.1) is 0 Å². The van der Waals surface area contributed by atoms with Gasteiger partial charge in [0.2, 0.25) is 0 Å². The third-order valence-corrected chi connectivity index (χ3v) is 2.74. The van der Waals surface area contributed by atoms with Crippen LogP contribution in [0.15, 0.2) is 36.4 Å². The van der Waals surface area contributed by atoms with Crippen LogP contribution in [-0.4, -0.2) is 17.3 Å². The van der Waals surface area contributed by atoms with Gasteiger partial charge in [0.25, 0.3) is 0 Å². The van der Waals surface area contributed by atoms with E-state index >= 15 is 0 Å². The van der Waals surface area contributed by atoms with Crippen molar-refractivity contribution in [2.24, 2.45) is 5.73 Å². The van der Waals surface area contributed by atoms with E-state index in [0.29, 0.717) is 6.42 Å². The second kappa shape index (κ2) is 5.06. The van der Waals surface area contributed by atoms with Gasteiger partial charge in [0.15, 0.2) is 6.23 Å². The molecule has 0 amide bonds. The molecule has 0 fully saturated rings. The largest absolute Gasteiger partial charge is 0.507 e. The van der Waals surface area contributed by atoms with Crippen LogP contribution < -0.4 is 5.73 Å². The predicted octanol–water partition coefficient (Wildman–Crippen LogP) is 2.40. The van der Waals surface area contributed by atoms with Crippen molar-refractivity contribution in [3.8, 4) is 5.75 Å². The molecule has 2 aromatic carbocycles. The van der Waals surface area contributed by atoms with Crippen LogP contribution in [-0.2, 0) is 4.74 Å². The van der Waals surface area contributed by atoms with Crippen molar-refractivity contribution < 1.29 is 14.6 Å². The van der Waals surface area contributed by atoms with Gasteiger partial charge >= 0.3 is 5.97 Å². The molecule has 0 aliphatic heterocycles. The molecule has 0 aromatic heterocycles. The van der Waals surface area contributed by atoms with Crippen molar-refractivity contribution in [3.05, 3.63) is 42.0 Å². The Morgan fingerprint density at radius 3 is 2.56 bits per heavy atom. The fraction of sp³-hybridized carbons (Fsp3) is 0.214. The highest BCUT2D eigenvalue weighted by Gasteiger charge is 2.16. The molecule has 4 nitrogen and oxygen atoms in total. The van der Waals surface area contributed by atoms with Gasteiger partial charge in [-0.25, -0.2) is 4.79 Å². The summed E-state index contributed by atoms with van der Waals surface area (Å²) < 4.78 is 4.99. The van der Waals surface area contributed by atoms with Gasteiger partial charge in [-0.1, -0.05) is 31.2 Å². The second-order valence-electron chi connectivity index (χ2n) is 4.07. The van der Waals surface area contributed by atoms with E-state index in [0.717, 1.165) is 10.8 Å². The van der Waals surface area contributed by atoms with E-state index in [2.05, 4.69) is 0 Å². The SMILES string of the molecule is CCC(N)OC(=O)c1cc2ccccc2cc1O. The van der Waals surface area contributed by atoms with Crippen molar-refractivity contribution in [3.63, 3.8) is 0 Å². The van der Waals surface area contributed by atoms with Crippen LogP contribution in [0.5, 0.6) is 5.75 Å². The number of ether oxygens (including phenoxy) is 1. The Bertz CT molecular complexity index is 580. The first kappa shape index (κ1) is 12.4. The fourth-order valence-corrected chi connectivity index (χ4v) is 1.68. The summed E-state index contributed by atoms with van der Waals surface area (Å²) in [6.45, 7) is 1.82. The highest BCUT2D eigenvalue weighted by Crippen LogP contribution is 2.25. The Hall–Kier alpha value is -2.07. The molecule has 0 heterocycles. The summed E-state index contributed by atoms with van der Waals surface area (Å²) in [5, 5.41) is 11.6. The number of fused-ring (bicyclic) bond motifs is 1. The van der Waals surface area contributed by atoms with E-state index in [1.54, 1.807) is 12.1 Å². The third kappa shape index (κ3) is 2.43. The number of carbonyl (C=O) groups is 1. The zero-order valence-electron chi connectivity index (χ0n) is 10.1. The number of rotatable bonds is 3. The highest BCUT2D eigenvalue weighted by atomic mass is 16.6. The first-order chi connectivity index (χ1) is 8.61. The van der Waals surface area contributed by atoms with E-state index < -0.39 is 12.2 Å². The monoisotopic (exact) mass is 245 g/mol. The molecule has 1 unspecified atom stereocenters. The molecule has 94 valence electrons. The van der Waals surface area contributed by atoms with E-state index in [1.165, 1.54) is 0 Å². The van der Waals surface area contributed by atoms with Gasteiger partial charge in [-0.3, -0.25) is 5.73 Å². The Kier molecular flexibility index (Phi) is 3.48. The lowest BCUT2D eigenvalue weighted by Gasteiger charge is -2.12. The summed E-state index contributed by atoms with van der Waals surface area (Å²) in [5.41, 5.74) is 5.69. The van der Waals surface area contributed by atoms with E-state index in [1.807, 2.05) is 31.2 Å². The van der Waals surface area contributed by atoms with Crippen LogP contribution in [0.2, 0.25) is 0 Å². The van der Waals surface area contributed by atoms with Crippen molar-refractivity contribution in [2.75, 3.05) is 0 Å². The van der Waals surface area contributed by atoms with Crippen LogP contribution in [0, 0.1) is 0 Å². The minimum absolute atomic E-state index is 0.0954. The molecule has 0 spiro atoms. The summed E-state index contributed by atoms with van der Waals surface area (Å²) in [6, 6.07) is 10.6. The van der Waals surface area contributed by atoms with Crippen molar-refractivity contribution in [1.82, 2.24) is 0 Å². The quantitative estimate of drug-likeness (QED) is 0.643. The smallest absolute Gasteiger partial charge is 0.343 e. The summed E-state index contributed by atoms with van der Waals surface area (Å²) in [4.78, 5) is 11.8. The summed E-state index contributed by atoms with van der Waals surface area (Å²) in [6.07, 6.45) is -0.122. The van der Waals surface area contributed by atoms with Crippen LogP contribution >= 0.6 is 0 Å². The Morgan fingerprint density at radius 1 is 1.33 bits per heavy atom. The van der Waals surface area contributed by atoms with Crippen molar-refractivity contribution in [1.29, 1.82) is 0 Å². The number of benzene rings is 2. The van der Waals surface area contributed by atoms with Gasteiger partial charge in [0.1, 0.15) is 11.3 Å². The number of esters is 1. The zero-order valence-corrected chi connectivity index (χ0v) is 10.1. The molecule has 2 aromatic rings. The fourth-order valence-electron chi connectivity index (χ4n) is 1.68. The van der Waals surface area contributed by atoms with Gasteiger partial charge in [-0.2, -0.15) is 0 Å². The zero-order chi connectivity index (χ0) is 13.1. The van der Waals surface area contributed by atoms with Crippen molar-refractivity contribution >= 4 is 16.7 Å². The Labute approximate surface area is 105 Å². The topological polar surface area (TPSA) is 72.5 Å². The van der Waals surface area contributed by atoms with Crippen LogP contribution in [0.3, 0.4) is 0 Å². The van der Waals surface area contributed by atoms with E-state index in [-0.39, 0.29) is 11.3 Å².